The third-order valence-corrected chi connectivity index (χ3v) is 11.1. The lowest BCUT2D eigenvalue weighted by Crippen LogP contribution is -2.60. The first-order valence-corrected chi connectivity index (χ1v) is 18.3. The van der Waals surface area contributed by atoms with Gasteiger partial charge in [0.2, 0.25) is 17.6 Å². The number of ketones is 1. The van der Waals surface area contributed by atoms with Crippen LogP contribution in [0.5, 0.6) is 0 Å². The van der Waals surface area contributed by atoms with Gasteiger partial charge in [0.05, 0.1) is 6.04 Å². The summed E-state index contributed by atoms with van der Waals surface area (Å²) >= 11 is 0. The van der Waals surface area contributed by atoms with Crippen molar-refractivity contribution in [3.05, 3.63) is 35.9 Å². The highest BCUT2D eigenvalue weighted by molar-refractivity contribution is 6.38. The molecule has 0 radical (unpaired) electrons. The van der Waals surface area contributed by atoms with Crippen LogP contribution in [0.3, 0.4) is 0 Å². The zero-order chi connectivity index (χ0) is 36.2. The molecule has 5 unspecified atom stereocenters. The molecule has 5 atom stereocenters. The number of carbonyl (C=O) groups excluding carboxylic acids is 6. The van der Waals surface area contributed by atoms with Crippen molar-refractivity contribution < 1.29 is 38.2 Å². The molecule has 1 heterocycles. The Labute approximate surface area is 295 Å². The number of likely N-dealkylation sites (tertiary alicyclic amines) is 1. The van der Waals surface area contributed by atoms with E-state index in [0.29, 0.717) is 13.0 Å². The molecule has 0 aromatic heterocycles. The van der Waals surface area contributed by atoms with Crippen LogP contribution < -0.4 is 16.0 Å². The van der Waals surface area contributed by atoms with Crippen LogP contribution >= 0.6 is 0 Å². The molecule has 4 fully saturated rings. The molecule has 12 nitrogen and oxygen atoms in total. The molecule has 4 amide bonds. The van der Waals surface area contributed by atoms with Crippen LogP contribution in [0.15, 0.2) is 30.3 Å². The molecule has 4 aliphatic rings. The van der Waals surface area contributed by atoms with Crippen molar-refractivity contribution in [2.75, 3.05) is 13.1 Å². The summed E-state index contributed by atoms with van der Waals surface area (Å²) in [6.45, 7) is 9.35. The standard InChI is InChI=1S/C38H54N4O8/c1-37(2,3)50-36(48)41-30(25-17-10-7-11-18-25)35(47)42-21-26-29(38(26,4)5)31(42)33(45)40-27(19-23-15-12-16-23)32(44)34(46)39-20-28(43)49-22-24-13-8-6-9-14-24/h6,8-9,13-14,23,25-27,29-31H,7,10-12,15-22H2,1-5H3,(H,39,46)(H,40,45)(H,41,48). The summed E-state index contributed by atoms with van der Waals surface area (Å²) in [5.74, 6) is -3.27. The minimum Gasteiger partial charge on any atom is -0.460 e. The highest BCUT2D eigenvalue weighted by Crippen LogP contribution is 2.65. The Morgan fingerprint density at radius 1 is 0.920 bits per heavy atom. The molecule has 1 saturated heterocycles. The van der Waals surface area contributed by atoms with Gasteiger partial charge in [0, 0.05) is 6.54 Å². The van der Waals surface area contributed by atoms with Crippen LogP contribution in [0.2, 0.25) is 0 Å². The number of alkyl carbamates (subject to hydrolysis) is 1. The third-order valence-electron chi connectivity index (χ3n) is 11.1. The Balaban J connectivity index is 1.27. The lowest BCUT2D eigenvalue weighted by molar-refractivity contribution is -0.147. The number of amides is 4. The fourth-order valence-corrected chi connectivity index (χ4v) is 8.01. The number of piperidine rings is 1. The first kappa shape index (κ1) is 37.3. The number of rotatable bonds is 13. The molecule has 3 saturated carbocycles. The van der Waals surface area contributed by atoms with E-state index >= 15 is 0 Å². The number of ether oxygens (including phenoxy) is 2. The van der Waals surface area contributed by atoms with Gasteiger partial charge in [-0.15, -0.1) is 0 Å². The maximum Gasteiger partial charge on any atom is 0.408 e. The summed E-state index contributed by atoms with van der Waals surface area (Å²) in [4.78, 5) is 82.0. The molecule has 3 aliphatic carbocycles. The number of benzene rings is 1. The molecule has 1 aromatic rings. The molecule has 1 aliphatic heterocycles. The number of nitrogens with one attached hydrogen (secondary N) is 3. The van der Waals surface area contributed by atoms with Crippen molar-refractivity contribution in [1.82, 2.24) is 20.9 Å². The normalized spacial score (nSPS) is 24.1. The van der Waals surface area contributed by atoms with Crippen LogP contribution in [0.1, 0.15) is 98.0 Å². The Hall–Kier alpha value is -3.96. The van der Waals surface area contributed by atoms with E-state index < -0.39 is 59.9 Å². The van der Waals surface area contributed by atoms with Gasteiger partial charge in [-0.2, -0.15) is 0 Å². The summed E-state index contributed by atoms with van der Waals surface area (Å²) in [6, 6.07) is 6.28. The summed E-state index contributed by atoms with van der Waals surface area (Å²) < 4.78 is 10.7. The van der Waals surface area contributed by atoms with Crippen LogP contribution in [0.4, 0.5) is 4.79 Å². The number of hydrogen-bond donors (Lipinski definition) is 3. The topological polar surface area (TPSA) is 160 Å². The largest absolute Gasteiger partial charge is 0.460 e. The average molecular weight is 695 g/mol. The number of nitrogens with zero attached hydrogens (tertiary/aromatic N) is 1. The average Bonchev–Trinajstić information content (AvgIpc) is 3.36. The van der Waals surface area contributed by atoms with E-state index in [0.717, 1.165) is 56.9 Å². The minimum atomic E-state index is -1.11. The Kier molecular flexibility index (Phi) is 11.6. The minimum absolute atomic E-state index is 0.0356. The zero-order valence-electron chi connectivity index (χ0n) is 30.1. The molecule has 274 valence electrons. The van der Waals surface area contributed by atoms with Crippen LogP contribution in [-0.4, -0.2) is 77.3 Å². The van der Waals surface area contributed by atoms with E-state index in [1.807, 2.05) is 18.2 Å². The van der Waals surface area contributed by atoms with Crippen molar-refractivity contribution in [3.63, 3.8) is 0 Å². The second-order valence-corrected chi connectivity index (χ2v) is 16.2. The molecule has 12 heteroatoms. The van der Waals surface area contributed by atoms with Crippen molar-refractivity contribution in [3.8, 4) is 0 Å². The van der Waals surface area contributed by atoms with E-state index in [2.05, 4.69) is 29.8 Å². The number of hydrogen-bond acceptors (Lipinski definition) is 8. The molecule has 0 bridgehead atoms. The summed E-state index contributed by atoms with van der Waals surface area (Å²) in [7, 11) is 0. The van der Waals surface area contributed by atoms with Crippen LogP contribution in [0, 0.1) is 29.1 Å². The van der Waals surface area contributed by atoms with Gasteiger partial charge < -0.3 is 30.3 Å². The van der Waals surface area contributed by atoms with Gasteiger partial charge in [-0.1, -0.05) is 82.7 Å². The van der Waals surface area contributed by atoms with Crippen LogP contribution in [-0.2, 0) is 40.1 Å². The van der Waals surface area contributed by atoms with Gasteiger partial charge in [-0.05, 0) is 74.7 Å². The molecule has 3 N–H and O–H groups in total. The lowest BCUT2D eigenvalue weighted by Gasteiger charge is -2.37. The third kappa shape index (κ3) is 9.03. The van der Waals surface area contributed by atoms with Crippen molar-refractivity contribution >= 4 is 35.6 Å². The quantitative estimate of drug-likeness (QED) is 0.206. The number of Topliss-reactive ketones (excluding diaryl/α,β-unsaturated/α-hetero) is 1. The SMILES string of the molecule is CC(C)(C)OC(=O)NC(C(=O)N1CC2C(C1C(=O)NC(CC1CCC1)C(=O)C(=O)NCC(=O)OCc1ccccc1)C2(C)C)C1CCCCC1. The first-order chi connectivity index (χ1) is 23.7. The van der Waals surface area contributed by atoms with Gasteiger partial charge >= 0.3 is 12.1 Å². The van der Waals surface area contributed by atoms with E-state index in [-0.39, 0.29) is 41.6 Å². The molecule has 50 heavy (non-hydrogen) atoms. The summed E-state index contributed by atoms with van der Waals surface area (Å²) in [6.07, 6.45) is 6.92. The predicted molar refractivity (Wildman–Crippen MR) is 184 cm³/mol. The number of fused-ring (bicyclic) bond motifs is 1. The van der Waals surface area contributed by atoms with E-state index in [1.165, 1.54) is 0 Å². The Morgan fingerprint density at radius 3 is 2.22 bits per heavy atom. The molecule has 0 spiro atoms. The van der Waals surface area contributed by atoms with E-state index in [9.17, 15) is 28.8 Å². The van der Waals surface area contributed by atoms with Crippen molar-refractivity contribution in [2.24, 2.45) is 29.1 Å². The number of esters is 1. The summed E-state index contributed by atoms with van der Waals surface area (Å²) in [5.41, 5.74) is -0.150. The lowest BCUT2D eigenvalue weighted by atomic mass is 9.80. The van der Waals surface area contributed by atoms with Crippen LogP contribution in [0.25, 0.3) is 0 Å². The first-order valence-electron chi connectivity index (χ1n) is 18.3. The smallest absolute Gasteiger partial charge is 0.408 e. The second kappa shape index (κ2) is 15.5. The second-order valence-electron chi connectivity index (χ2n) is 16.2. The predicted octanol–water partition coefficient (Wildman–Crippen LogP) is 4.05. The highest BCUT2D eigenvalue weighted by atomic mass is 16.6. The van der Waals surface area contributed by atoms with Crippen molar-refractivity contribution in [2.45, 2.75) is 123 Å². The van der Waals surface area contributed by atoms with Gasteiger partial charge in [0.15, 0.2) is 0 Å². The van der Waals surface area contributed by atoms with E-state index in [4.69, 9.17) is 9.47 Å². The monoisotopic (exact) mass is 694 g/mol. The molecular weight excluding hydrogens is 640 g/mol. The fourth-order valence-electron chi connectivity index (χ4n) is 8.01. The molecular formula is C38H54N4O8. The molecule has 1 aromatic carbocycles. The van der Waals surface area contributed by atoms with Crippen molar-refractivity contribution in [1.29, 1.82) is 0 Å². The van der Waals surface area contributed by atoms with E-state index in [1.54, 1.807) is 37.8 Å². The molecule has 5 rings (SSSR count). The van der Waals surface area contributed by atoms with Gasteiger partial charge in [0.1, 0.15) is 30.8 Å². The maximum atomic E-state index is 14.4. The van der Waals surface area contributed by atoms with Gasteiger partial charge in [0.25, 0.3) is 5.91 Å². The van der Waals surface area contributed by atoms with Gasteiger partial charge in [-0.3, -0.25) is 24.0 Å². The summed E-state index contributed by atoms with van der Waals surface area (Å²) in [5, 5.41) is 8.09. The zero-order valence-corrected chi connectivity index (χ0v) is 30.1. The Bertz CT molecular complexity index is 1430. The Morgan fingerprint density at radius 2 is 1.60 bits per heavy atom. The fraction of sp³-hybridized carbons (Fsp3) is 0.684. The van der Waals surface area contributed by atoms with Gasteiger partial charge in [-0.25, -0.2) is 4.79 Å². The highest BCUT2D eigenvalue weighted by Gasteiger charge is 2.69. The number of carbonyl (C=O) groups is 6. The maximum absolute atomic E-state index is 14.4.